The van der Waals surface area contributed by atoms with Crippen molar-refractivity contribution < 1.29 is 29.3 Å². The minimum absolute atomic E-state index is 0.0187. The molecule has 0 aromatic carbocycles. The SMILES string of the molecule is CC(C)(C)OC(=O)N1CC[C@@H](C(=O)N[C@H]2CC[C@]3(C)[C@H]4C[C@@H](O)[C@@H]5[C@@H]([C@]6(C)CC[C@H](C(C)(C)O)O6)CC[C@@]5(C)[C@]4(C)CC[C@H]3C2(C)C)C1. The zero-order valence-electron chi connectivity index (χ0n) is 32.1. The highest BCUT2D eigenvalue weighted by Crippen LogP contribution is 2.76. The summed E-state index contributed by atoms with van der Waals surface area (Å²) >= 11 is 0. The Hall–Kier alpha value is -1.38. The Bertz CT molecular complexity index is 1270. The van der Waals surface area contributed by atoms with Gasteiger partial charge in [0.25, 0.3) is 0 Å². The molecule has 6 rings (SSSR count). The van der Waals surface area contributed by atoms with Crippen LogP contribution in [0, 0.1) is 51.2 Å². The molecule has 0 spiro atoms. The number of carbonyl (C=O) groups is 2. The van der Waals surface area contributed by atoms with Crippen LogP contribution in [-0.4, -0.2) is 75.3 Å². The van der Waals surface area contributed by atoms with Gasteiger partial charge in [0, 0.05) is 19.1 Å². The molecule has 0 radical (unpaired) electrons. The Balaban J connectivity index is 1.17. The molecule has 0 bridgehead atoms. The molecule has 8 heteroatoms. The van der Waals surface area contributed by atoms with Gasteiger partial charge in [-0.2, -0.15) is 0 Å². The van der Waals surface area contributed by atoms with Crippen molar-refractivity contribution in [1.29, 1.82) is 0 Å². The Labute approximate surface area is 290 Å². The maximum atomic E-state index is 13.7. The van der Waals surface area contributed by atoms with E-state index in [9.17, 15) is 19.8 Å². The van der Waals surface area contributed by atoms with Gasteiger partial charge in [-0.25, -0.2) is 4.79 Å². The maximum Gasteiger partial charge on any atom is 0.410 e. The second kappa shape index (κ2) is 11.6. The summed E-state index contributed by atoms with van der Waals surface area (Å²) in [7, 11) is 0. The third-order valence-corrected chi connectivity index (χ3v) is 15.8. The van der Waals surface area contributed by atoms with Crippen molar-refractivity contribution in [2.24, 2.45) is 51.2 Å². The van der Waals surface area contributed by atoms with Crippen LogP contribution in [0.3, 0.4) is 0 Å². The van der Waals surface area contributed by atoms with E-state index < -0.39 is 11.2 Å². The van der Waals surface area contributed by atoms with Gasteiger partial charge in [-0.1, -0.05) is 34.6 Å². The fourth-order valence-corrected chi connectivity index (χ4v) is 13.1. The highest BCUT2D eigenvalue weighted by molar-refractivity contribution is 5.81. The molecule has 3 N–H and O–H groups in total. The van der Waals surface area contributed by atoms with Crippen LogP contribution in [0.4, 0.5) is 4.79 Å². The van der Waals surface area contributed by atoms with Crippen molar-refractivity contribution >= 4 is 12.0 Å². The third-order valence-electron chi connectivity index (χ3n) is 15.8. The normalized spacial score (nSPS) is 47.2. The lowest BCUT2D eigenvalue weighted by Crippen LogP contribution is -2.67. The monoisotopic (exact) mass is 673 g/mol. The first-order valence-electron chi connectivity index (χ1n) is 19.3. The van der Waals surface area contributed by atoms with E-state index >= 15 is 0 Å². The van der Waals surface area contributed by atoms with Crippen LogP contribution in [-0.2, 0) is 14.3 Å². The maximum absolute atomic E-state index is 13.7. The molecule has 12 atom stereocenters. The summed E-state index contributed by atoms with van der Waals surface area (Å²) in [5, 5.41) is 26.5. The van der Waals surface area contributed by atoms with E-state index in [1.54, 1.807) is 4.90 Å². The summed E-state index contributed by atoms with van der Waals surface area (Å²) in [5.41, 5.74) is -1.62. The number of aliphatic hydroxyl groups is 2. The topological polar surface area (TPSA) is 108 Å². The zero-order valence-corrected chi connectivity index (χ0v) is 32.1. The number of hydrogen-bond donors (Lipinski definition) is 3. The average molecular weight is 673 g/mol. The molecule has 2 amide bonds. The lowest BCUT2D eigenvalue weighted by Gasteiger charge is -2.71. The molecule has 0 unspecified atom stereocenters. The van der Waals surface area contributed by atoms with Gasteiger partial charge in [0.05, 0.1) is 29.3 Å². The number of aliphatic hydroxyl groups excluding tert-OH is 1. The van der Waals surface area contributed by atoms with Crippen molar-refractivity contribution in [3.63, 3.8) is 0 Å². The van der Waals surface area contributed by atoms with Gasteiger partial charge in [-0.05, 0) is 151 Å². The minimum atomic E-state index is -0.864. The zero-order chi connectivity index (χ0) is 35.5. The molecule has 274 valence electrons. The van der Waals surface area contributed by atoms with Crippen LogP contribution in [0.25, 0.3) is 0 Å². The van der Waals surface area contributed by atoms with Gasteiger partial charge in [0.2, 0.25) is 5.91 Å². The van der Waals surface area contributed by atoms with Crippen molar-refractivity contribution in [2.45, 2.75) is 175 Å². The molecule has 6 fully saturated rings. The first kappa shape index (κ1) is 36.4. The quantitative estimate of drug-likeness (QED) is 0.294. The van der Waals surface area contributed by atoms with E-state index in [2.05, 4.69) is 46.9 Å². The molecule has 4 aliphatic carbocycles. The standard InChI is InChI=1S/C40H68N2O6/c1-34(2,3)48-33(45)42-21-16-24(23-42)32(44)41-29-14-17-37(8)27(35(29,4)5)13-19-38(9)28(37)22-26(43)31-25(12-18-39(31,38)10)40(11)20-15-30(47-40)36(6,7)46/h24-31,43,46H,12-23H2,1-11H3,(H,41,44)/t24-,25+,26-,27+,28-,29+,30-,31+,37+,38-,39-,40+/m1/s1. The third kappa shape index (κ3) is 5.65. The van der Waals surface area contributed by atoms with Crippen molar-refractivity contribution in [3.05, 3.63) is 0 Å². The van der Waals surface area contributed by atoms with E-state index in [1.807, 2.05) is 34.6 Å². The summed E-state index contributed by atoms with van der Waals surface area (Å²) in [6, 6.07) is 0.0823. The van der Waals surface area contributed by atoms with Gasteiger partial charge in [0.15, 0.2) is 0 Å². The molecule has 4 saturated carbocycles. The fourth-order valence-electron chi connectivity index (χ4n) is 13.1. The number of likely N-dealkylation sites (tertiary alicyclic amines) is 1. The summed E-state index contributed by atoms with van der Waals surface area (Å²) in [5.74, 6) is 1.20. The van der Waals surface area contributed by atoms with Crippen molar-refractivity contribution in [3.8, 4) is 0 Å². The second-order valence-corrected chi connectivity index (χ2v) is 20.4. The number of amides is 2. The van der Waals surface area contributed by atoms with E-state index in [-0.39, 0.29) is 75.3 Å². The van der Waals surface area contributed by atoms with Crippen LogP contribution in [0.2, 0.25) is 0 Å². The molecular formula is C40H68N2O6. The number of fused-ring (bicyclic) bond motifs is 5. The van der Waals surface area contributed by atoms with Gasteiger partial charge >= 0.3 is 6.09 Å². The Morgan fingerprint density at radius 3 is 2.15 bits per heavy atom. The minimum Gasteiger partial charge on any atom is -0.444 e. The van der Waals surface area contributed by atoms with Gasteiger partial charge in [-0.3, -0.25) is 4.79 Å². The molecule has 8 nitrogen and oxygen atoms in total. The van der Waals surface area contributed by atoms with Crippen LogP contribution < -0.4 is 5.32 Å². The average Bonchev–Trinajstić information content (AvgIpc) is 3.69. The highest BCUT2D eigenvalue weighted by Gasteiger charge is 2.72. The molecular weight excluding hydrogens is 604 g/mol. The largest absolute Gasteiger partial charge is 0.444 e. The molecule has 48 heavy (non-hydrogen) atoms. The fraction of sp³-hybridized carbons (Fsp3) is 0.950. The lowest BCUT2D eigenvalue weighted by atomic mass is 9.35. The number of rotatable bonds is 4. The second-order valence-electron chi connectivity index (χ2n) is 20.4. The van der Waals surface area contributed by atoms with Gasteiger partial charge in [-0.15, -0.1) is 0 Å². The number of carbonyl (C=O) groups excluding carboxylic acids is 2. The van der Waals surface area contributed by atoms with E-state index in [0.717, 1.165) is 57.8 Å². The van der Waals surface area contributed by atoms with E-state index in [4.69, 9.17) is 9.47 Å². The summed E-state index contributed by atoms with van der Waals surface area (Å²) in [4.78, 5) is 28.0. The number of nitrogens with zero attached hydrogens (tertiary/aromatic N) is 1. The number of hydrogen-bond acceptors (Lipinski definition) is 6. The number of nitrogens with one attached hydrogen (secondary N) is 1. The molecule has 2 aliphatic heterocycles. The smallest absolute Gasteiger partial charge is 0.410 e. The van der Waals surface area contributed by atoms with E-state index in [0.29, 0.717) is 31.3 Å². The summed E-state index contributed by atoms with van der Waals surface area (Å²) in [6.45, 7) is 24.9. The van der Waals surface area contributed by atoms with Crippen LogP contribution in [0.1, 0.15) is 140 Å². The van der Waals surface area contributed by atoms with E-state index in [1.165, 1.54) is 0 Å². The van der Waals surface area contributed by atoms with Crippen molar-refractivity contribution in [2.75, 3.05) is 13.1 Å². The molecule has 6 aliphatic rings. The first-order valence-corrected chi connectivity index (χ1v) is 19.3. The molecule has 2 saturated heterocycles. The Morgan fingerprint density at radius 1 is 0.854 bits per heavy atom. The van der Waals surface area contributed by atoms with Crippen LogP contribution >= 0.6 is 0 Å². The van der Waals surface area contributed by atoms with Crippen LogP contribution in [0.15, 0.2) is 0 Å². The van der Waals surface area contributed by atoms with Gasteiger partial charge < -0.3 is 29.9 Å². The summed E-state index contributed by atoms with van der Waals surface area (Å²) < 4.78 is 12.3. The molecule has 2 heterocycles. The highest BCUT2D eigenvalue weighted by atomic mass is 16.6. The Kier molecular flexibility index (Phi) is 8.77. The first-order chi connectivity index (χ1) is 22.0. The van der Waals surface area contributed by atoms with Crippen LogP contribution in [0.5, 0.6) is 0 Å². The molecule has 0 aromatic heterocycles. The molecule has 0 aromatic rings. The number of ether oxygens (including phenoxy) is 2. The Morgan fingerprint density at radius 2 is 1.52 bits per heavy atom. The van der Waals surface area contributed by atoms with Crippen molar-refractivity contribution in [1.82, 2.24) is 10.2 Å². The van der Waals surface area contributed by atoms with Gasteiger partial charge in [0.1, 0.15) is 5.60 Å². The predicted octanol–water partition coefficient (Wildman–Crippen LogP) is 7.09. The summed E-state index contributed by atoms with van der Waals surface area (Å²) in [6.07, 6.45) is 8.89. The lowest BCUT2D eigenvalue weighted by molar-refractivity contribution is -0.240. The predicted molar refractivity (Wildman–Crippen MR) is 187 cm³/mol.